The standard InChI is InChI=1S/C20H42O2/c1-3-4-13-17-20(22)18-15-12-10-8-6-5-7-9-11-14-16-19(2)21/h19-22H,3-18H2,1-2H3. The highest BCUT2D eigenvalue weighted by Gasteiger charge is 2.03. The molecule has 0 aromatic carbocycles. The van der Waals surface area contributed by atoms with E-state index in [9.17, 15) is 5.11 Å². The van der Waals surface area contributed by atoms with Gasteiger partial charge in [0.05, 0.1) is 12.2 Å². The molecule has 0 aromatic rings. The lowest BCUT2D eigenvalue weighted by Gasteiger charge is -2.09. The molecule has 0 rings (SSSR count). The van der Waals surface area contributed by atoms with E-state index in [0.717, 1.165) is 19.3 Å². The summed E-state index contributed by atoms with van der Waals surface area (Å²) in [5.41, 5.74) is 0. The Morgan fingerprint density at radius 1 is 0.545 bits per heavy atom. The number of aliphatic hydroxyl groups is 2. The second kappa shape index (κ2) is 17.3. The van der Waals surface area contributed by atoms with Crippen molar-refractivity contribution in [2.75, 3.05) is 0 Å². The molecule has 0 aliphatic rings. The summed E-state index contributed by atoms with van der Waals surface area (Å²) >= 11 is 0. The number of hydrogen-bond donors (Lipinski definition) is 2. The monoisotopic (exact) mass is 314 g/mol. The van der Waals surface area contributed by atoms with E-state index in [4.69, 9.17) is 5.11 Å². The van der Waals surface area contributed by atoms with Gasteiger partial charge in [0.15, 0.2) is 0 Å². The summed E-state index contributed by atoms with van der Waals surface area (Å²) in [5, 5.41) is 19.0. The first kappa shape index (κ1) is 21.9. The Balaban J connectivity index is 3.08. The van der Waals surface area contributed by atoms with Gasteiger partial charge in [0.2, 0.25) is 0 Å². The van der Waals surface area contributed by atoms with Crippen molar-refractivity contribution in [2.24, 2.45) is 0 Å². The van der Waals surface area contributed by atoms with Gasteiger partial charge in [-0.1, -0.05) is 90.4 Å². The Hall–Kier alpha value is -0.0800. The lowest BCUT2D eigenvalue weighted by Crippen LogP contribution is -2.05. The highest BCUT2D eigenvalue weighted by molar-refractivity contribution is 4.57. The van der Waals surface area contributed by atoms with Crippen LogP contribution in [-0.2, 0) is 0 Å². The van der Waals surface area contributed by atoms with Crippen molar-refractivity contribution in [3.8, 4) is 0 Å². The minimum atomic E-state index is -0.120. The Labute approximate surface area is 139 Å². The molecule has 2 unspecified atom stereocenters. The number of rotatable bonds is 17. The maximum absolute atomic E-state index is 9.84. The van der Waals surface area contributed by atoms with E-state index in [0.29, 0.717) is 0 Å². The molecule has 0 radical (unpaired) electrons. The molecule has 0 saturated carbocycles. The normalized spacial score (nSPS) is 14.2. The molecule has 0 saturated heterocycles. The quantitative estimate of drug-likeness (QED) is 0.324. The van der Waals surface area contributed by atoms with Crippen LogP contribution in [0.1, 0.15) is 117 Å². The fraction of sp³-hybridized carbons (Fsp3) is 1.00. The summed E-state index contributed by atoms with van der Waals surface area (Å²) < 4.78 is 0. The van der Waals surface area contributed by atoms with Gasteiger partial charge in [-0.2, -0.15) is 0 Å². The molecule has 0 fully saturated rings. The molecule has 0 spiro atoms. The maximum Gasteiger partial charge on any atom is 0.0540 e. The third-order valence-corrected chi connectivity index (χ3v) is 4.55. The first-order valence-corrected chi connectivity index (χ1v) is 10.0. The van der Waals surface area contributed by atoms with Gasteiger partial charge in [0, 0.05) is 0 Å². The summed E-state index contributed by atoms with van der Waals surface area (Å²) in [6, 6.07) is 0. The van der Waals surface area contributed by atoms with Gasteiger partial charge in [-0.15, -0.1) is 0 Å². The third kappa shape index (κ3) is 18.0. The summed E-state index contributed by atoms with van der Waals surface area (Å²) in [5.74, 6) is 0. The summed E-state index contributed by atoms with van der Waals surface area (Å²) in [4.78, 5) is 0. The molecular formula is C20H42O2. The number of unbranched alkanes of at least 4 members (excludes halogenated alkanes) is 11. The molecule has 0 aliphatic heterocycles. The van der Waals surface area contributed by atoms with Crippen LogP contribution in [0.4, 0.5) is 0 Å². The zero-order chi connectivity index (χ0) is 16.5. The summed E-state index contributed by atoms with van der Waals surface area (Å²) in [6.07, 6.45) is 19.6. The third-order valence-electron chi connectivity index (χ3n) is 4.55. The van der Waals surface area contributed by atoms with E-state index in [-0.39, 0.29) is 12.2 Å². The molecule has 2 N–H and O–H groups in total. The van der Waals surface area contributed by atoms with E-state index in [2.05, 4.69) is 6.92 Å². The van der Waals surface area contributed by atoms with Crippen molar-refractivity contribution < 1.29 is 10.2 Å². The van der Waals surface area contributed by atoms with Gasteiger partial charge in [-0.3, -0.25) is 0 Å². The number of aliphatic hydroxyl groups excluding tert-OH is 2. The SMILES string of the molecule is CCCCCC(O)CCCCCCCCCCCCC(C)O. The van der Waals surface area contributed by atoms with Gasteiger partial charge in [0.25, 0.3) is 0 Å². The van der Waals surface area contributed by atoms with Crippen LogP contribution in [0.5, 0.6) is 0 Å². The van der Waals surface area contributed by atoms with Crippen LogP contribution in [0.15, 0.2) is 0 Å². The van der Waals surface area contributed by atoms with Crippen molar-refractivity contribution in [1.82, 2.24) is 0 Å². The smallest absolute Gasteiger partial charge is 0.0540 e. The Morgan fingerprint density at radius 2 is 0.909 bits per heavy atom. The van der Waals surface area contributed by atoms with Crippen molar-refractivity contribution >= 4 is 0 Å². The van der Waals surface area contributed by atoms with Gasteiger partial charge in [-0.05, 0) is 26.2 Å². The zero-order valence-electron chi connectivity index (χ0n) is 15.4. The average molecular weight is 315 g/mol. The lowest BCUT2D eigenvalue weighted by atomic mass is 10.0. The topological polar surface area (TPSA) is 40.5 Å². The first-order valence-electron chi connectivity index (χ1n) is 10.0. The van der Waals surface area contributed by atoms with Gasteiger partial charge in [0.1, 0.15) is 0 Å². The lowest BCUT2D eigenvalue weighted by molar-refractivity contribution is 0.147. The van der Waals surface area contributed by atoms with Crippen LogP contribution in [-0.4, -0.2) is 22.4 Å². The minimum Gasteiger partial charge on any atom is -0.393 e. The Morgan fingerprint density at radius 3 is 1.32 bits per heavy atom. The van der Waals surface area contributed by atoms with Crippen LogP contribution < -0.4 is 0 Å². The maximum atomic E-state index is 9.84. The predicted molar refractivity (Wildman–Crippen MR) is 97.2 cm³/mol. The van der Waals surface area contributed by atoms with Crippen molar-refractivity contribution in [2.45, 2.75) is 129 Å². The molecule has 0 aromatic heterocycles. The highest BCUT2D eigenvalue weighted by Crippen LogP contribution is 2.14. The fourth-order valence-electron chi connectivity index (χ4n) is 3.01. The Bertz CT molecular complexity index is 204. The van der Waals surface area contributed by atoms with Crippen LogP contribution in [0.2, 0.25) is 0 Å². The molecular weight excluding hydrogens is 272 g/mol. The molecule has 22 heavy (non-hydrogen) atoms. The second-order valence-corrected chi connectivity index (χ2v) is 7.11. The molecule has 134 valence electrons. The molecule has 0 bridgehead atoms. The van der Waals surface area contributed by atoms with Crippen LogP contribution in [0.25, 0.3) is 0 Å². The van der Waals surface area contributed by atoms with Gasteiger partial charge < -0.3 is 10.2 Å². The summed E-state index contributed by atoms with van der Waals surface area (Å²) in [6.45, 7) is 4.09. The van der Waals surface area contributed by atoms with E-state index in [1.54, 1.807) is 0 Å². The van der Waals surface area contributed by atoms with Gasteiger partial charge >= 0.3 is 0 Å². The van der Waals surface area contributed by atoms with E-state index >= 15 is 0 Å². The molecule has 0 amide bonds. The van der Waals surface area contributed by atoms with E-state index in [1.807, 2.05) is 6.92 Å². The van der Waals surface area contributed by atoms with Crippen LogP contribution in [0.3, 0.4) is 0 Å². The molecule has 2 heteroatoms. The fourth-order valence-corrected chi connectivity index (χ4v) is 3.01. The minimum absolute atomic E-state index is 0.0480. The summed E-state index contributed by atoms with van der Waals surface area (Å²) in [7, 11) is 0. The average Bonchev–Trinajstić information content (AvgIpc) is 2.48. The molecule has 2 nitrogen and oxygen atoms in total. The predicted octanol–water partition coefficient (Wildman–Crippen LogP) is 5.99. The van der Waals surface area contributed by atoms with Crippen molar-refractivity contribution in [1.29, 1.82) is 0 Å². The van der Waals surface area contributed by atoms with E-state index < -0.39 is 0 Å². The highest BCUT2D eigenvalue weighted by atomic mass is 16.3. The molecule has 2 atom stereocenters. The van der Waals surface area contributed by atoms with E-state index in [1.165, 1.54) is 83.5 Å². The van der Waals surface area contributed by atoms with Crippen molar-refractivity contribution in [3.05, 3.63) is 0 Å². The Kier molecular flexibility index (Phi) is 17.2. The second-order valence-electron chi connectivity index (χ2n) is 7.11. The van der Waals surface area contributed by atoms with Crippen LogP contribution >= 0.6 is 0 Å². The first-order chi connectivity index (χ1) is 10.7. The van der Waals surface area contributed by atoms with Crippen LogP contribution in [0, 0.1) is 0 Å². The molecule has 0 heterocycles. The zero-order valence-corrected chi connectivity index (χ0v) is 15.4. The largest absolute Gasteiger partial charge is 0.393 e. The molecule has 0 aliphatic carbocycles. The number of hydrogen-bond acceptors (Lipinski definition) is 2. The van der Waals surface area contributed by atoms with Crippen molar-refractivity contribution in [3.63, 3.8) is 0 Å². The van der Waals surface area contributed by atoms with Gasteiger partial charge in [-0.25, -0.2) is 0 Å².